The Kier molecular flexibility index (Phi) is 7.20. The standard InChI is InChI=1S/C25H29ClFN3O3/c1-17(18-5-3-6-20(27)15-18)28-11-13-29(14-12-28)25(32)22-7-4-10-30(22)24(31)21-16-19(26)8-9-23(21)33-2/h3,5-6,8-9,15-17,22H,4,7,10-14H2,1-2H3. The molecule has 33 heavy (non-hydrogen) atoms. The first-order valence-electron chi connectivity index (χ1n) is 11.3. The Bertz CT molecular complexity index is 1030. The smallest absolute Gasteiger partial charge is 0.258 e. The molecule has 2 aliphatic rings. The number of hydrogen-bond acceptors (Lipinski definition) is 4. The number of carbonyl (C=O) groups is 2. The van der Waals surface area contributed by atoms with Crippen molar-refractivity contribution in [3.05, 3.63) is 64.4 Å². The third kappa shape index (κ3) is 4.99. The molecule has 2 atom stereocenters. The van der Waals surface area contributed by atoms with E-state index in [9.17, 15) is 14.0 Å². The van der Waals surface area contributed by atoms with Crippen molar-refractivity contribution in [1.29, 1.82) is 0 Å². The average Bonchev–Trinajstić information content (AvgIpc) is 3.32. The van der Waals surface area contributed by atoms with Gasteiger partial charge in [0, 0.05) is 43.8 Å². The zero-order chi connectivity index (χ0) is 23.5. The molecule has 176 valence electrons. The largest absolute Gasteiger partial charge is 0.496 e. The number of piperazine rings is 1. The van der Waals surface area contributed by atoms with Crippen LogP contribution in [-0.4, -0.2) is 72.4 Å². The molecule has 2 fully saturated rings. The fourth-order valence-electron chi connectivity index (χ4n) is 4.79. The molecule has 0 bridgehead atoms. The van der Waals surface area contributed by atoms with E-state index in [1.807, 2.05) is 11.0 Å². The lowest BCUT2D eigenvalue weighted by Crippen LogP contribution is -2.54. The van der Waals surface area contributed by atoms with Crippen molar-refractivity contribution in [1.82, 2.24) is 14.7 Å². The lowest BCUT2D eigenvalue weighted by Gasteiger charge is -2.40. The molecule has 0 saturated carbocycles. The zero-order valence-corrected chi connectivity index (χ0v) is 19.7. The number of amides is 2. The molecular formula is C25H29ClFN3O3. The normalized spacial score (nSPS) is 20.1. The van der Waals surface area contributed by atoms with Gasteiger partial charge >= 0.3 is 0 Å². The van der Waals surface area contributed by atoms with Gasteiger partial charge in [0.2, 0.25) is 5.91 Å². The molecule has 2 unspecified atom stereocenters. The molecule has 2 heterocycles. The van der Waals surface area contributed by atoms with Crippen LogP contribution in [0, 0.1) is 5.82 Å². The number of hydrogen-bond donors (Lipinski definition) is 0. The van der Waals surface area contributed by atoms with Gasteiger partial charge in [-0.3, -0.25) is 14.5 Å². The number of rotatable bonds is 5. The highest BCUT2D eigenvalue weighted by molar-refractivity contribution is 6.31. The summed E-state index contributed by atoms with van der Waals surface area (Å²) in [6.07, 6.45) is 1.43. The first-order valence-corrected chi connectivity index (χ1v) is 11.7. The summed E-state index contributed by atoms with van der Waals surface area (Å²) >= 11 is 6.11. The summed E-state index contributed by atoms with van der Waals surface area (Å²) in [7, 11) is 1.51. The molecule has 2 amide bonds. The fraction of sp³-hybridized carbons (Fsp3) is 0.440. The van der Waals surface area contributed by atoms with Gasteiger partial charge in [-0.25, -0.2) is 4.39 Å². The van der Waals surface area contributed by atoms with E-state index < -0.39 is 6.04 Å². The van der Waals surface area contributed by atoms with E-state index in [1.165, 1.54) is 13.2 Å². The van der Waals surface area contributed by atoms with Gasteiger partial charge in [0.1, 0.15) is 17.6 Å². The van der Waals surface area contributed by atoms with Gasteiger partial charge in [-0.2, -0.15) is 0 Å². The van der Waals surface area contributed by atoms with E-state index in [-0.39, 0.29) is 23.7 Å². The third-order valence-electron chi connectivity index (χ3n) is 6.70. The number of likely N-dealkylation sites (tertiary alicyclic amines) is 1. The highest BCUT2D eigenvalue weighted by atomic mass is 35.5. The summed E-state index contributed by atoms with van der Waals surface area (Å²) in [6.45, 7) is 5.15. The molecule has 8 heteroatoms. The highest BCUT2D eigenvalue weighted by Gasteiger charge is 2.38. The Hall–Kier alpha value is -2.64. The van der Waals surface area contributed by atoms with Crippen molar-refractivity contribution in [2.24, 2.45) is 0 Å². The number of benzene rings is 2. The molecule has 2 aromatic carbocycles. The van der Waals surface area contributed by atoms with Crippen LogP contribution in [0.2, 0.25) is 5.02 Å². The Morgan fingerprint density at radius 3 is 2.55 bits per heavy atom. The number of halogens is 2. The number of methoxy groups -OCH3 is 1. The van der Waals surface area contributed by atoms with Crippen LogP contribution in [0.15, 0.2) is 42.5 Å². The van der Waals surface area contributed by atoms with Crippen molar-refractivity contribution < 1.29 is 18.7 Å². The molecule has 2 aliphatic heterocycles. The van der Waals surface area contributed by atoms with Crippen LogP contribution < -0.4 is 4.74 Å². The minimum absolute atomic E-state index is 0.0140. The minimum Gasteiger partial charge on any atom is -0.496 e. The quantitative estimate of drug-likeness (QED) is 0.658. The van der Waals surface area contributed by atoms with Crippen molar-refractivity contribution >= 4 is 23.4 Å². The average molecular weight is 474 g/mol. The second-order valence-corrected chi connectivity index (χ2v) is 9.03. The Morgan fingerprint density at radius 2 is 1.85 bits per heavy atom. The summed E-state index contributed by atoms with van der Waals surface area (Å²) in [5.41, 5.74) is 1.30. The zero-order valence-electron chi connectivity index (χ0n) is 19.0. The van der Waals surface area contributed by atoms with Gasteiger partial charge in [0.05, 0.1) is 12.7 Å². The maximum Gasteiger partial charge on any atom is 0.258 e. The summed E-state index contributed by atoms with van der Waals surface area (Å²) in [5, 5.41) is 0.449. The number of carbonyl (C=O) groups excluding carboxylic acids is 2. The molecule has 0 aliphatic carbocycles. The first kappa shape index (κ1) is 23.5. The van der Waals surface area contributed by atoms with Gasteiger partial charge in [-0.15, -0.1) is 0 Å². The van der Waals surface area contributed by atoms with Crippen molar-refractivity contribution in [3.8, 4) is 5.75 Å². The second-order valence-electron chi connectivity index (χ2n) is 8.59. The molecule has 2 saturated heterocycles. The predicted molar refractivity (Wildman–Crippen MR) is 125 cm³/mol. The lowest BCUT2D eigenvalue weighted by molar-refractivity contribution is -0.137. The number of ether oxygens (including phenoxy) is 1. The van der Waals surface area contributed by atoms with Gasteiger partial charge in [0.25, 0.3) is 5.91 Å². The van der Waals surface area contributed by atoms with Crippen molar-refractivity contribution in [3.63, 3.8) is 0 Å². The Balaban J connectivity index is 1.41. The maximum atomic E-state index is 13.6. The fourth-order valence-corrected chi connectivity index (χ4v) is 4.96. The molecule has 0 radical (unpaired) electrons. The van der Waals surface area contributed by atoms with Gasteiger partial charge in [0.15, 0.2) is 0 Å². The molecule has 0 spiro atoms. The van der Waals surface area contributed by atoms with Gasteiger partial charge < -0.3 is 14.5 Å². The maximum absolute atomic E-state index is 13.6. The van der Waals surface area contributed by atoms with Crippen LogP contribution in [0.5, 0.6) is 5.75 Å². The first-order chi connectivity index (χ1) is 15.9. The van der Waals surface area contributed by atoms with E-state index in [0.717, 1.165) is 12.0 Å². The molecule has 0 aromatic heterocycles. The Labute approximate surface area is 198 Å². The highest BCUT2D eigenvalue weighted by Crippen LogP contribution is 2.29. The van der Waals surface area contributed by atoms with E-state index in [0.29, 0.717) is 55.5 Å². The van der Waals surface area contributed by atoms with Crippen LogP contribution in [-0.2, 0) is 4.79 Å². The van der Waals surface area contributed by atoms with Crippen LogP contribution in [0.3, 0.4) is 0 Å². The Morgan fingerprint density at radius 1 is 1.09 bits per heavy atom. The number of nitrogens with zero attached hydrogens (tertiary/aromatic N) is 3. The minimum atomic E-state index is -0.478. The molecule has 2 aromatic rings. The van der Waals surface area contributed by atoms with E-state index in [2.05, 4.69) is 11.8 Å². The lowest BCUT2D eigenvalue weighted by atomic mass is 10.1. The summed E-state index contributed by atoms with van der Waals surface area (Å²) in [6, 6.07) is 11.2. The van der Waals surface area contributed by atoms with E-state index >= 15 is 0 Å². The molecule has 0 N–H and O–H groups in total. The summed E-state index contributed by atoms with van der Waals surface area (Å²) < 4.78 is 19.0. The SMILES string of the molecule is COc1ccc(Cl)cc1C(=O)N1CCCC1C(=O)N1CCN(C(C)c2cccc(F)c2)CC1. The summed E-state index contributed by atoms with van der Waals surface area (Å²) in [5.74, 6) is -0.0404. The van der Waals surface area contributed by atoms with Crippen LogP contribution in [0.25, 0.3) is 0 Å². The monoisotopic (exact) mass is 473 g/mol. The topological polar surface area (TPSA) is 53.1 Å². The predicted octanol–water partition coefficient (Wildman–Crippen LogP) is 4.00. The van der Waals surface area contributed by atoms with Gasteiger partial charge in [-0.05, 0) is 55.7 Å². The summed E-state index contributed by atoms with van der Waals surface area (Å²) in [4.78, 5) is 32.4. The molecule has 4 rings (SSSR count). The van der Waals surface area contributed by atoms with Crippen LogP contribution in [0.4, 0.5) is 4.39 Å². The van der Waals surface area contributed by atoms with Crippen LogP contribution in [0.1, 0.15) is 41.7 Å². The van der Waals surface area contributed by atoms with Gasteiger partial charge in [-0.1, -0.05) is 23.7 Å². The second kappa shape index (κ2) is 10.1. The third-order valence-corrected chi connectivity index (χ3v) is 6.93. The van der Waals surface area contributed by atoms with E-state index in [4.69, 9.17) is 16.3 Å². The molecule has 6 nitrogen and oxygen atoms in total. The molecular weight excluding hydrogens is 445 g/mol. The van der Waals surface area contributed by atoms with E-state index in [1.54, 1.807) is 35.2 Å². The van der Waals surface area contributed by atoms with Crippen LogP contribution >= 0.6 is 11.6 Å². The van der Waals surface area contributed by atoms with Crippen molar-refractivity contribution in [2.75, 3.05) is 39.8 Å². The van der Waals surface area contributed by atoms with Crippen molar-refractivity contribution in [2.45, 2.75) is 31.8 Å².